The normalized spacial score (nSPS) is 14.1. The lowest BCUT2D eigenvalue weighted by molar-refractivity contribution is -0.385. The maximum atomic E-state index is 12.2. The number of aryl methyl sites for hydroxylation is 1. The van der Waals surface area contributed by atoms with Crippen molar-refractivity contribution >= 4 is 17.4 Å². The van der Waals surface area contributed by atoms with Gasteiger partial charge < -0.3 is 15.0 Å². The van der Waals surface area contributed by atoms with Crippen LogP contribution in [0.5, 0.6) is 0 Å². The van der Waals surface area contributed by atoms with Gasteiger partial charge in [-0.05, 0) is 30.7 Å². The summed E-state index contributed by atoms with van der Waals surface area (Å²) in [6.45, 7) is 5.00. The molecule has 0 atom stereocenters. The molecule has 2 heterocycles. The smallest absolute Gasteiger partial charge is 0.272 e. The van der Waals surface area contributed by atoms with Gasteiger partial charge in [0.2, 0.25) is 0 Å². The molecule has 1 N–H and O–H groups in total. The zero-order chi connectivity index (χ0) is 18.5. The highest BCUT2D eigenvalue weighted by molar-refractivity contribution is 5.94. The van der Waals surface area contributed by atoms with E-state index in [1.165, 1.54) is 18.2 Å². The molecule has 0 aliphatic carbocycles. The van der Waals surface area contributed by atoms with Crippen LogP contribution >= 0.6 is 0 Å². The zero-order valence-electron chi connectivity index (χ0n) is 14.5. The Labute approximate surface area is 150 Å². The molecule has 0 saturated carbocycles. The minimum Gasteiger partial charge on any atom is -0.378 e. The summed E-state index contributed by atoms with van der Waals surface area (Å²) in [6.07, 6.45) is 1.74. The van der Waals surface area contributed by atoms with Crippen LogP contribution in [0.1, 0.15) is 21.5 Å². The fraction of sp³-hybridized carbons (Fsp3) is 0.333. The van der Waals surface area contributed by atoms with E-state index in [0.717, 1.165) is 24.5 Å². The number of carbonyl (C=O) groups is 1. The molecular formula is C18H20N4O4. The first kappa shape index (κ1) is 17.8. The van der Waals surface area contributed by atoms with Crippen molar-refractivity contribution in [3.63, 3.8) is 0 Å². The standard InChI is InChI=1S/C18H20N4O4/c1-13-10-15(3-4-16(13)22(24)25)18(23)20-12-14-2-5-17(19-11-14)21-6-8-26-9-7-21/h2-5,10-11H,6-9,12H2,1H3,(H,20,23). The van der Waals surface area contributed by atoms with Crippen molar-refractivity contribution < 1.29 is 14.5 Å². The van der Waals surface area contributed by atoms with E-state index in [4.69, 9.17) is 4.74 Å². The topological polar surface area (TPSA) is 97.6 Å². The molecule has 1 fully saturated rings. The van der Waals surface area contributed by atoms with Crippen LogP contribution < -0.4 is 10.2 Å². The van der Waals surface area contributed by atoms with Gasteiger partial charge in [-0.15, -0.1) is 0 Å². The van der Waals surface area contributed by atoms with Crippen LogP contribution in [0.4, 0.5) is 11.5 Å². The SMILES string of the molecule is Cc1cc(C(=O)NCc2ccc(N3CCOCC3)nc2)ccc1[N+](=O)[O-]. The first-order valence-corrected chi connectivity index (χ1v) is 8.35. The molecule has 0 spiro atoms. The molecule has 2 aromatic rings. The summed E-state index contributed by atoms with van der Waals surface area (Å²) in [5.74, 6) is 0.620. The third-order valence-electron chi connectivity index (χ3n) is 4.25. The minimum absolute atomic E-state index is 0.00412. The molecular weight excluding hydrogens is 336 g/mol. The Morgan fingerprint density at radius 2 is 2.08 bits per heavy atom. The molecule has 1 aliphatic rings. The van der Waals surface area contributed by atoms with Crippen LogP contribution in [-0.2, 0) is 11.3 Å². The van der Waals surface area contributed by atoms with Gasteiger partial charge in [0.25, 0.3) is 11.6 Å². The molecule has 1 aromatic heterocycles. The Balaban J connectivity index is 1.59. The lowest BCUT2D eigenvalue weighted by Crippen LogP contribution is -2.36. The summed E-state index contributed by atoms with van der Waals surface area (Å²) < 4.78 is 5.33. The van der Waals surface area contributed by atoms with E-state index < -0.39 is 4.92 Å². The third kappa shape index (κ3) is 4.15. The Bertz CT molecular complexity index is 801. The van der Waals surface area contributed by atoms with Gasteiger partial charge in [-0.2, -0.15) is 0 Å². The number of aromatic nitrogens is 1. The van der Waals surface area contributed by atoms with Gasteiger partial charge in [0, 0.05) is 43.0 Å². The molecule has 26 heavy (non-hydrogen) atoms. The lowest BCUT2D eigenvalue weighted by atomic mass is 10.1. The molecule has 1 aromatic carbocycles. The minimum atomic E-state index is -0.460. The largest absolute Gasteiger partial charge is 0.378 e. The molecule has 1 aliphatic heterocycles. The zero-order valence-corrected chi connectivity index (χ0v) is 14.5. The number of nitrogens with zero attached hydrogens (tertiary/aromatic N) is 3. The van der Waals surface area contributed by atoms with Crippen molar-refractivity contribution in [3.8, 4) is 0 Å². The monoisotopic (exact) mass is 356 g/mol. The van der Waals surface area contributed by atoms with Crippen molar-refractivity contribution in [2.75, 3.05) is 31.2 Å². The van der Waals surface area contributed by atoms with Gasteiger partial charge in [0.1, 0.15) is 5.82 Å². The van der Waals surface area contributed by atoms with Gasteiger partial charge in [-0.1, -0.05) is 6.07 Å². The second kappa shape index (κ2) is 7.92. The predicted molar refractivity (Wildman–Crippen MR) is 96.3 cm³/mol. The van der Waals surface area contributed by atoms with Crippen molar-refractivity contribution in [1.29, 1.82) is 0 Å². The summed E-state index contributed by atoms with van der Waals surface area (Å²) in [7, 11) is 0. The number of carbonyl (C=O) groups excluding carboxylic acids is 1. The van der Waals surface area contributed by atoms with E-state index in [1.807, 2.05) is 12.1 Å². The van der Waals surface area contributed by atoms with Gasteiger partial charge in [-0.25, -0.2) is 4.98 Å². The number of ether oxygens (including phenoxy) is 1. The summed E-state index contributed by atoms with van der Waals surface area (Å²) in [5, 5.41) is 13.7. The van der Waals surface area contributed by atoms with Crippen LogP contribution in [-0.4, -0.2) is 42.1 Å². The number of hydrogen-bond acceptors (Lipinski definition) is 6. The highest BCUT2D eigenvalue weighted by Gasteiger charge is 2.14. The molecule has 0 radical (unpaired) electrons. The number of nitro benzene ring substituents is 1. The van der Waals surface area contributed by atoms with Crippen LogP contribution in [0.2, 0.25) is 0 Å². The molecule has 136 valence electrons. The summed E-state index contributed by atoms with van der Waals surface area (Å²) in [6, 6.07) is 8.19. The fourth-order valence-corrected chi connectivity index (χ4v) is 2.79. The Morgan fingerprint density at radius 3 is 2.69 bits per heavy atom. The van der Waals surface area contributed by atoms with E-state index in [2.05, 4.69) is 15.2 Å². The highest BCUT2D eigenvalue weighted by Crippen LogP contribution is 2.19. The predicted octanol–water partition coefficient (Wildman–Crippen LogP) is 2.06. The fourth-order valence-electron chi connectivity index (χ4n) is 2.79. The quantitative estimate of drug-likeness (QED) is 0.650. The Hall–Kier alpha value is -3.00. The number of nitro groups is 1. The van der Waals surface area contributed by atoms with Crippen LogP contribution in [0.15, 0.2) is 36.5 Å². The molecule has 3 rings (SSSR count). The lowest BCUT2D eigenvalue weighted by Gasteiger charge is -2.27. The van der Waals surface area contributed by atoms with Crippen molar-refractivity contribution in [3.05, 3.63) is 63.3 Å². The highest BCUT2D eigenvalue weighted by atomic mass is 16.6. The van der Waals surface area contributed by atoms with Crippen molar-refractivity contribution in [2.45, 2.75) is 13.5 Å². The number of hydrogen-bond donors (Lipinski definition) is 1. The van der Waals surface area contributed by atoms with Crippen LogP contribution in [0, 0.1) is 17.0 Å². The number of rotatable bonds is 5. The summed E-state index contributed by atoms with van der Waals surface area (Å²) in [4.78, 5) is 29.2. The number of morpholine rings is 1. The number of nitrogens with one attached hydrogen (secondary N) is 1. The molecule has 0 unspecified atom stereocenters. The molecule has 8 heteroatoms. The second-order valence-electron chi connectivity index (χ2n) is 6.07. The molecule has 1 amide bonds. The molecule has 8 nitrogen and oxygen atoms in total. The first-order valence-electron chi connectivity index (χ1n) is 8.35. The number of pyridine rings is 1. The molecule has 1 saturated heterocycles. The first-order chi connectivity index (χ1) is 12.5. The summed E-state index contributed by atoms with van der Waals surface area (Å²) >= 11 is 0. The van der Waals surface area contributed by atoms with Gasteiger partial charge in [0.15, 0.2) is 0 Å². The van der Waals surface area contributed by atoms with Gasteiger partial charge in [-0.3, -0.25) is 14.9 Å². The second-order valence-corrected chi connectivity index (χ2v) is 6.07. The number of amides is 1. The molecule has 0 bridgehead atoms. The van der Waals surface area contributed by atoms with E-state index >= 15 is 0 Å². The average molecular weight is 356 g/mol. The van der Waals surface area contributed by atoms with E-state index in [1.54, 1.807) is 13.1 Å². The van der Waals surface area contributed by atoms with E-state index in [-0.39, 0.29) is 11.6 Å². The van der Waals surface area contributed by atoms with Crippen LogP contribution in [0.3, 0.4) is 0 Å². The maximum Gasteiger partial charge on any atom is 0.272 e. The number of anilines is 1. The van der Waals surface area contributed by atoms with Gasteiger partial charge >= 0.3 is 0 Å². The maximum absolute atomic E-state index is 12.2. The number of benzene rings is 1. The van der Waals surface area contributed by atoms with Crippen LogP contribution in [0.25, 0.3) is 0 Å². The van der Waals surface area contributed by atoms with Crippen molar-refractivity contribution in [1.82, 2.24) is 10.3 Å². The average Bonchev–Trinajstić information content (AvgIpc) is 2.67. The Kier molecular flexibility index (Phi) is 5.43. The van der Waals surface area contributed by atoms with E-state index in [9.17, 15) is 14.9 Å². The summed E-state index contributed by atoms with van der Waals surface area (Å²) in [5.41, 5.74) is 1.74. The van der Waals surface area contributed by atoms with E-state index in [0.29, 0.717) is 30.9 Å². The van der Waals surface area contributed by atoms with Crippen molar-refractivity contribution in [2.24, 2.45) is 0 Å². The van der Waals surface area contributed by atoms with Gasteiger partial charge in [0.05, 0.1) is 18.1 Å². The Morgan fingerprint density at radius 1 is 1.31 bits per heavy atom. The third-order valence-corrected chi connectivity index (χ3v) is 4.25.